The fourth-order valence-corrected chi connectivity index (χ4v) is 2.52. The van der Waals surface area contributed by atoms with Crippen molar-refractivity contribution < 1.29 is 0 Å². The molecule has 3 heterocycles. The Labute approximate surface area is 123 Å². The van der Waals surface area contributed by atoms with E-state index in [2.05, 4.69) is 33.5 Å². The summed E-state index contributed by atoms with van der Waals surface area (Å²) in [5.41, 5.74) is 4.29. The second-order valence-corrected chi connectivity index (χ2v) is 5.32. The van der Waals surface area contributed by atoms with Crippen LogP contribution in [0.5, 0.6) is 0 Å². The van der Waals surface area contributed by atoms with Gasteiger partial charge < -0.3 is 5.32 Å². The summed E-state index contributed by atoms with van der Waals surface area (Å²) in [7, 11) is 0. The summed E-state index contributed by atoms with van der Waals surface area (Å²) in [5.74, 6) is 0.881. The SMILES string of the molecule is Cc1cc(C)n(CCCNc2nccn3nc(C)cc23)n1. The summed E-state index contributed by atoms with van der Waals surface area (Å²) in [4.78, 5) is 4.39. The van der Waals surface area contributed by atoms with E-state index >= 15 is 0 Å². The molecular formula is C15H20N6. The first-order valence-electron chi connectivity index (χ1n) is 7.19. The van der Waals surface area contributed by atoms with Crippen LogP contribution < -0.4 is 5.32 Å². The molecule has 0 bridgehead atoms. The van der Waals surface area contributed by atoms with Gasteiger partial charge in [-0.15, -0.1) is 0 Å². The Morgan fingerprint density at radius 1 is 1.10 bits per heavy atom. The quantitative estimate of drug-likeness (QED) is 0.731. The van der Waals surface area contributed by atoms with Crippen molar-refractivity contribution in [3.8, 4) is 0 Å². The van der Waals surface area contributed by atoms with Crippen molar-refractivity contribution in [1.29, 1.82) is 0 Å². The van der Waals surface area contributed by atoms with Crippen molar-refractivity contribution in [3.05, 3.63) is 41.6 Å². The van der Waals surface area contributed by atoms with Crippen LogP contribution in [0.1, 0.15) is 23.5 Å². The van der Waals surface area contributed by atoms with Crippen LogP contribution in [0, 0.1) is 20.8 Å². The van der Waals surface area contributed by atoms with E-state index < -0.39 is 0 Å². The number of nitrogens with one attached hydrogen (secondary N) is 1. The van der Waals surface area contributed by atoms with E-state index in [4.69, 9.17) is 0 Å². The first-order chi connectivity index (χ1) is 10.1. The maximum Gasteiger partial charge on any atom is 0.152 e. The molecule has 6 nitrogen and oxygen atoms in total. The van der Waals surface area contributed by atoms with Gasteiger partial charge in [0.05, 0.1) is 11.4 Å². The average molecular weight is 284 g/mol. The minimum absolute atomic E-state index is 0.856. The fourth-order valence-electron chi connectivity index (χ4n) is 2.52. The van der Waals surface area contributed by atoms with Crippen molar-refractivity contribution in [2.75, 3.05) is 11.9 Å². The van der Waals surface area contributed by atoms with Gasteiger partial charge in [-0.3, -0.25) is 4.68 Å². The number of aryl methyl sites for hydroxylation is 4. The van der Waals surface area contributed by atoms with Crippen LogP contribution in [0.15, 0.2) is 24.5 Å². The van der Waals surface area contributed by atoms with Gasteiger partial charge in [0.2, 0.25) is 0 Å². The van der Waals surface area contributed by atoms with Crippen LogP contribution in [0.2, 0.25) is 0 Å². The Morgan fingerprint density at radius 2 is 1.90 bits per heavy atom. The van der Waals surface area contributed by atoms with Gasteiger partial charge in [-0.25, -0.2) is 9.50 Å². The molecule has 0 aliphatic heterocycles. The average Bonchev–Trinajstić information content (AvgIpc) is 2.96. The largest absolute Gasteiger partial charge is 0.368 e. The highest BCUT2D eigenvalue weighted by Gasteiger charge is 2.05. The van der Waals surface area contributed by atoms with Crippen molar-refractivity contribution in [2.24, 2.45) is 0 Å². The maximum absolute atomic E-state index is 4.47. The van der Waals surface area contributed by atoms with Gasteiger partial charge in [0.1, 0.15) is 5.52 Å². The van der Waals surface area contributed by atoms with Gasteiger partial charge in [-0.1, -0.05) is 0 Å². The van der Waals surface area contributed by atoms with Crippen LogP contribution in [-0.2, 0) is 6.54 Å². The van der Waals surface area contributed by atoms with Crippen LogP contribution in [0.25, 0.3) is 5.52 Å². The smallest absolute Gasteiger partial charge is 0.152 e. The molecule has 110 valence electrons. The Kier molecular flexibility index (Phi) is 3.60. The predicted molar refractivity (Wildman–Crippen MR) is 82.5 cm³/mol. The molecule has 21 heavy (non-hydrogen) atoms. The first kappa shape index (κ1) is 13.6. The summed E-state index contributed by atoms with van der Waals surface area (Å²) in [6, 6.07) is 4.14. The van der Waals surface area contributed by atoms with Crippen molar-refractivity contribution in [2.45, 2.75) is 33.7 Å². The third kappa shape index (κ3) is 2.89. The van der Waals surface area contributed by atoms with Crippen molar-refractivity contribution in [1.82, 2.24) is 24.4 Å². The minimum atomic E-state index is 0.856. The lowest BCUT2D eigenvalue weighted by atomic mass is 10.3. The second-order valence-electron chi connectivity index (χ2n) is 5.32. The molecule has 3 aromatic heterocycles. The van der Waals surface area contributed by atoms with Crippen LogP contribution in [-0.4, -0.2) is 30.9 Å². The van der Waals surface area contributed by atoms with Crippen molar-refractivity contribution in [3.63, 3.8) is 0 Å². The summed E-state index contributed by atoms with van der Waals surface area (Å²) < 4.78 is 3.90. The predicted octanol–water partition coefficient (Wildman–Crippen LogP) is 2.35. The van der Waals surface area contributed by atoms with Gasteiger partial charge in [0.15, 0.2) is 5.82 Å². The van der Waals surface area contributed by atoms with E-state index in [0.717, 1.165) is 42.2 Å². The lowest BCUT2D eigenvalue weighted by Gasteiger charge is -2.08. The van der Waals surface area contributed by atoms with E-state index in [-0.39, 0.29) is 0 Å². The summed E-state index contributed by atoms with van der Waals surface area (Å²) in [5, 5.41) is 12.2. The Hall–Kier alpha value is -2.37. The Balaban J connectivity index is 1.61. The van der Waals surface area contributed by atoms with Gasteiger partial charge in [0.25, 0.3) is 0 Å². The first-order valence-corrected chi connectivity index (χ1v) is 7.19. The number of anilines is 1. The zero-order valence-corrected chi connectivity index (χ0v) is 12.7. The third-order valence-corrected chi connectivity index (χ3v) is 3.45. The molecule has 0 saturated heterocycles. The molecule has 0 aromatic carbocycles. The summed E-state index contributed by atoms with van der Waals surface area (Å²) in [6.07, 6.45) is 4.63. The molecule has 3 rings (SSSR count). The standard InChI is InChI=1S/C15H20N6/c1-11-9-13(3)20(18-11)7-4-5-16-15-14-10-12(2)19-21(14)8-6-17-15/h6,8-10H,4-5,7H2,1-3H3,(H,16,17). The van der Waals surface area contributed by atoms with Gasteiger partial charge in [-0.2, -0.15) is 10.2 Å². The number of nitrogens with zero attached hydrogens (tertiary/aromatic N) is 5. The van der Waals surface area contributed by atoms with E-state index in [1.807, 2.05) is 35.3 Å². The molecule has 0 atom stereocenters. The summed E-state index contributed by atoms with van der Waals surface area (Å²) >= 11 is 0. The summed E-state index contributed by atoms with van der Waals surface area (Å²) in [6.45, 7) is 7.86. The Bertz CT molecular complexity index is 755. The normalized spacial score (nSPS) is 11.2. The highest BCUT2D eigenvalue weighted by molar-refractivity contribution is 5.67. The van der Waals surface area contributed by atoms with E-state index in [1.165, 1.54) is 5.69 Å². The van der Waals surface area contributed by atoms with Crippen LogP contribution in [0.4, 0.5) is 5.82 Å². The van der Waals surface area contributed by atoms with Crippen LogP contribution in [0.3, 0.4) is 0 Å². The molecular weight excluding hydrogens is 264 g/mol. The van der Waals surface area contributed by atoms with E-state index in [0.29, 0.717) is 0 Å². The van der Waals surface area contributed by atoms with Gasteiger partial charge >= 0.3 is 0 Å². The third-order valence-electron chi connectivity index (χ3n) is 3.45. The van der Waals surface area contributed by atoms with E-state index in [1.54, 1.807) is 6.20 Å². The Morgan fingerprint density at radius 3 is 2.67 bits per heavy atom. The number of rotatable bonds is 5. The van der Waals surface area contributed by atoms with E-state index in [9.17, 15) is 0 Å². The molecule has 0 amide bonds. The molecule has 0 spiro atoms. The maximum atomic E-state index is 4.47. The molecule has 0 aliphatic rings. The highest BCUT2D eigenvalue weighted by atomic mass is 15.3. The lowest BCUT2D eigenvalue weighted by Crippen LogP contribution is -2.10. The molecule has 6 heteroatoms. The monoisotopic (exact) mass is 284 g/mol. The number of fused-ring (bicyclic) bond motifs is 1. The molecule has 0 saturated carbocycles. The van der Waals surface area contributed by atoms with Gasteiger partial charge in [0, 0.05) is 31.2 Å². The fraction of sp³-hybridized carbons (Fsp3) is 0.400. The number of hydrogen-bond acceptors (Lipinski definition) is 4. The molecule has 1 N–H and O–H groups in total. The minimum Gasteiger partial charge on any atom is -0.368 e. The van der Waals surface area contributed by atoms with Crippen molar-refractivity contribution >= 4 is 11.3 Å². The molecule has 0 aliphatic carbocycles. The number of hydrogen-bond donors (Lipinski definition) is 1. The second kappa shape index (κ2) is 5.55. The zero-order chi connectivity index (χ0) is 14.8. The number of aromatic nitrogens is 5. The topological polar surface area (TPSA) is 60.0 Å². The lowest BCUT2D eigenvalue weighted by molar-refractivity contribution is 0.573. The zero-order valence-electron chi connectivity index (χ0n) is 12.7. The highest BCUT2D eigenvalue weighted by Crippen LogP contribution is 2.14. The molecule has 3 aromatic rings. The molecule has 0 radical (unpaired) electrons. The van der Waals surface area contributed by atoms with Gasteiger partial charge in [-0.05, 0) is 39.3 Å². The molecule has 0 unspecified atom stereocenters. The van der Waals surface area contributed by atoms with Crippen LogP contribution >= 0.6 is 0 Å². The molecule has 0 fully saturated rings.